The molecular formula is C16H13Cl4O4P. The van der Waals surface area contributed by atoms with Crippen LogP contribution in [0.3, 0.4) is 0 Å². The maximum atomic E-state index is 13.1. The quantitative estimate of drug-likeness (QED) is 0.472. The lowest BCUT2D eigenvalue weighted by molar-refractivity contribution is 0.208. The fourth-order valence-corrected chi connectivity index (χ4v) is 5.08. The molecule has 0 atom stereocenters. The summed E-state index contributed by atoms with van der Waals surface area (Å²) in [5.41, 5.74) is 1.25. The van der Waals surface area contributed by atoms with E-state index in [0.717, 1.165) is 0 Å². The van der Waals surface area contributed by atoms with Gasteiger partial charge < -0.3 is 9.05 Å². The van der Waals surface area contributed by atoms with Crippen molar-refractivity contribution in [1.29, 1.82) is 0 Å². The highest BCUT2D eigenvalue weighted by atomic mass is 35.5. The molecule has 3 rings (SSSR count). The van der Waals surface area contributed by atoms with Gasteiger partial charge in [0.05, 0.1) is 16.7 Å². The molecular weight excluding hydrogens is 429 g/mol. The van der Waals surface area contributed by atoms with Gasteiger partial charge in [-0.15, -0.1) is 0 Å². The molecule has 0 saturated carbocycles. The number of phosphoric ester groups is 1. The zero-order valence-electron chi connectivity index (χ0n) is 13.0. The van der Waals surface area contributed by atoms with Gasteiger partial charge in [-0.3, -0.25) is 4.52 Å². The van der Waals surface area contributed by atoms with Crippen LogP contribution >= 0.6 is 54.2 Å². The molecule has 4 nitrogen and oxygen atoms in total. The van der Waals surface area contributed by atoms with Gasteiger partial charge in [-0.2, -0.15) is 0 Å². The number of rotatable bonds is 3. The van der Waals surface area contributed by atoms with E-state index >= 15 is 0 Å². The van der Waals surface area contributed by atoms with Crippen molar-refractivity contribution in [2.24, 2.45) is 0 Å². The summed E-state index contributed by atoms with van der Waals surface area (Å²) in [7, 11) is -4.00. The topological polar surface area (TPSA) is 44.8 Å². The maximum absolute atomic E-state index is 13.1. The lowest BCUT2D eigenvalue weighted by Gasteiger charge is -2.26. The van der Waals surface area contributed by atoms with E-state index in [2.05, 4.69) is 0 Å². The number of benzene rings is 2. The van der Waals surface area contributed by atoms with Crippen LogP contribution in [-0.4, -0.2) is 6.61 Å². The minimum Gasteiger partial charge on any atom is -0.393 e. The second kappa shape index (κ2) is 7.56. The first-order valence-corrected chi connectivity index (χ1v) is 10.4. The summed E-state index contributed by atoms with van der Waals surface area (Å²) in [5, 5.41) is 1.27. The Morgan fingerprint density at radius 2 is 1.44 bits per heavy atom. The molecule has 25 heavy (non-hydrogen) atoms. The van der Waals surface area contributed by atoms with Crippen LogP contribution in [0.5, 0.6) is 11.5 Å². The van der Waals surface area contributed by atoms with Gasteiger partial charge in [-0.25, -0.2) is 4.57 Å². The zero-order valence-corrected chi connectivity index (χ0v) is 16.9. The molecule has 1 aliphatic heterocycles. The number of hydrogen-bond acceptors (Lipinski definition) is 4. The van der Waals surface area contributed by atoms with Gasteiger partial charge in [-0.1, -0.05) is 53.3 Å². The zero-order chi connectivity index (χ0) is 18.2. The average Bonchev–Trinajstić information content (AvgIpc) is 2.51. The van der Waals surface area contributed by atoms with Crippen LogP contribution in [0, 0.1) is 0 Å². The standard InChI is InChI=1S/C16H13Cl4O4P/c1-2-3-22-25(21)23-15-9(5-11(17)7-13(15)19)4-10-6-12(18)8-14(20)16(10)24-25/h5-8H,2-4H2,1H3. The molecule has 0 aromatic heterocycles. The van der Waals surface area contributed by atoms with Crippen LogP contribution in [0.2, 0.25) is 20.1 Å². The third-order valence-electron chi connectivity index (χ3n) is 3.41. The monoisotopic (exact) mass is 440 g/mol. The van der Waals surface area contributed by atoms with Crippen molar-refractivity contribution in [2.45, 2.75) is 19.8 Å². The highest BCUT2D eigenvalue weighted by molar-refractivity contribution is 7.49. The Labute approximate surface area is 165 Å². The maximum Gasteiger partial charge on any atom is 0.587 e. The molecule has 134 valence electrons. The molecule has 0 unspecified atom stereocenters. The third-order valence-corrected chi connectivity index (χ3v) is 5.72. The summed E-state index contributed by atoms with van der Waals surface area (Å²) >= 11 is 24.7. The van der Waals surface area contributed by atoms with Crippen molar-refractivity contribution < 1.29 is 18.1 Å². The average molecular weight is 442 g/mol. The molecule has 1 aliphatic rings. The first-order valence-electron chi connectivity index (χ1n) is 7.41. The highest BCUT2D eigenvalue weighted by Crippen LogP contribution is 2.56. The summed E-state index contributed by atoms with van der Waals surface area (Å²) in [6.07, 6.45) is 0.956. The largest absolute Gasteiger partial charge is 0.587 e. The summed E-state index contributed by atoms with van der Waals surface area (Å²) < 4.78 is 29.6. The van der Waals surface area contributed by atoms with Crippen LogP contribution < -0.4 is 9.05 Å². The van der Waals surface area contributed by atoms with Gasteiger partial charge in [-0.05, 0) is 30.7 Å². The number of fused-ring (bicyclic) bond motifs is 2. The molecule has 0 N–H and O–H groups in total. The predicted octanol–water partition coefficient (Wildman–Crippen LogP) is 7.20. The minimum absolute atomic E-state index is 0.179. The van der Waals surface area contributed by atoms with Crippen molar-refractivity contribution in [3.8, 4) is 11.5 Å². The van der Waals surface area contributed by atoms with Crippen LogP contribution in [-0.2, 0) is 15.5 Å². The van der Waals surface area contributed by atoms with Crippen molar-refractivity contribution in [3.63, 3.8) is 0 Å². The Morgan fingerprint density at radius 3 is 1.88 bits per heavy atom. The van der Waals surface area contributed by atoms with E-state index in [1.54, 1.807) is 12.1 Å². The lowest BCUT2D eigenvalue weighted by atomic mass is 10.0. The molecule has 0 fully saturated rings. The van der Waals surface area contributed by atoms with E-state index in [9.17, 15) is 4.57 Å². The van der Waals surface area contributed by atoms with Gasteiger partial charge >= 0.3 is 7.82 Å². The highest BCUT2D eigenvalue weighted by Gasteiger charge is 2.36. The second-order valence-corrected chi connectivity index (χ2v) is 8.60. The van der Waals surface area contributed by atoms with Gasteiger partial charge in [0.1, 0.15) is 0 Å². The van der Waals surface area contributed by atoms with Crippen molar-refractivity contribution in [2.75, 3.05) is 6.61 Å². The fourth-order valence-electron chi connectivity index (χ4n) is 2.40. The fraction of sp³-hybridized carbons (Fsp3) is 0.250. The molecule has 0 radical (unpaired) electrons. The Balaban J connectivity index is 2.20. The Bertz CT molecular complexity index is 808. The normalized spacial score (nSPS) is 15.2. The van der Waals surface area contributed by atoms with Gasteiger partial charge in [0.15, 0.2) is 11.5 Å². The van der Waals surface area contributed by atoms with Gasteiger partial charge in [0.2, 0.25) is 0 Å². The third kappa shape index (κ3) is 4.21. The van der Waals surface area contributed by atoms with Crippen molar-refractivity contribution in [1.82, 2.24) is 0 Å². The molecule has 1 heterocycles. The van der Waals surface area contributed by atoms with Crippen molar-refractivity contribution >= 4 is 54.2 Å². The number of phosphoric acid groups is 1. The Morgan fingerprint density at radius 1 is 0.960 bits per heavy atom. The van der Waals surface area contributed by atoms with Gasteiger partial charge in [0, 0.05) is 27.6 Å². The molecule has 0 saturated heterocycles. The predicted molar refractivity (Wildman–Crippen MR) is 101 cm³/mol. The van der Waals surface area contributed by atoms with Crippen LogP contribution in [0.4, 0.5) is 0 Å². The molecule has 2 aromatic carbocycles. The van der Waals surface area contributed by atoms with Crippen LogP contribution in [0.25, 0.3) is 0 Å². The molecule has 0 aliphatic carbocycles. The molecule has 0 bridgehead atoms. The van der Waals surface area contributed by atoms with E-state index in [4.69, 9.17) is 60.0 Å². The van der Waals surface area contributed by atoms with E-state index in [-0.39, 0.29) is 28.2 Å². The Kier molecular flexibility index (Phi) is 5.79. The summed E-state index contributed by atoms with van der Waals surface area (Å²) in [6, 6.07) is 6.35. The smallest absolute Gasteiger partial charge is 0.393 e. The molecule has 2 aromatic rings. The summed E-state index contributed by atoms with van der Waals surface area (Å²) in [4.78, 5) is 0. The van der Waals surface area contributed by atoms with Crippen LogP contribution in [0.1, 0.15) is 24.5 Å². The minimum atomic E-state index is -4.00. The Hall–Kier alpha value is -0.610. The molecule has 0 spiro atoms. The molecule has 9 heteroatoms. The van der Waals surface area contributed by atoms with Crippen LogP contribution in [0.15, 0.2) is 24.3 Å². The van der Waals surface area contributed by atoms with Crippen molar-refractivity contribution in [3.05, 3.63) is 55.5 Å². The first kappa shape index (κ1) is 19.2. The second-order valence-electron chi connectivity index (χ2n) is 5.39. The first-order chi connectivity index (χ1) is 11.8. The lowest BCUT2D eigenvalue weighted by Crippen LogP contribution is -2.11. The van der Waals surface area contributed by atoms with E-state index in [1.807, 2.05) is 6.92 Å². The number of halogens is 4. The van der Waals surface area contributed by atoms with Gasteiger partial charge in [0.25, 0.3) is 0 Å². The van der Waals surface area contributed by atoms with E-state index < -0.39 is 7.82 Å². The van der Waals surface area contributed by atoms with E-state index in [1.165, 1.54) is 12.1 Å². The van der Waals surface area contributed by atoms with E-state index in [0.29, 0.717) is 34.0 Å². The summed E-state index contributed by atoms with van der Waals surface area (Å²) in [5.74, 6) is 0.402. The number of hydrogen-bond donors (Lipinski definition) is 0. The molecule has 0 amide bonds. The summed E-state index contributed by atoms with van der Waals surface area (Å²) in [6.45, 7) is 2.05. The SMILES string of the molecule is CCCOP1(=O)Oc2c(Cl)cc(Cl)cc2Cc2cc(Cl)cc(Cl)c2O1.